The molecule has 2 nitrogen and oxygen atoms in total. The van der Waals surface area contributed by atoms with Gasteiger partial charge >= 0.3 is 0 Å². The van der Waals surface area contributed by atoms with Crippen molar-refractivity contribution in [1.29, 1.82) is 0 Å². The summed E-state index contributed by atoms with van der Waals surface area (Å²) in [6.45, 7) is 5.82. The highest BCUT2D eigenvalue weighted by molar-refractivity contribution is 6.29. The monoisotopic (exact) mass is 200 g/mol. The highest BCUT2D eigenvalue weighted by Crippen LogP contribution is 2.28. The predicted molar refractivity (Wildman–Crippen MR) is 52.7 cm³/mol. The van der Waals surface area contributed by atoms with Gasteiger partial charge in [0.25, 0.3) is 0 Å². The van der Waals surface area contributed by atoms with Crippen molar-refractivity contribution >= 4 is 11.6 Å². The fraction of sp³-hybridized carbons (Fsp3) is 0.400. The summed E-state index contributed by atoms with van der Waals surface area (Å²) in [6, 6.07) is 1.68. The maximum atomic E-state index is 9.69. The number of hydrogen-bond donors (Lipinski definition) is 1. The Morgan fingerprint density at radius 2 is 2.46 bits per heavy atom. The highest BCUT2D eigenvalue weighted by Gasteiger charge is 2.14. The van der Waals surface area contributed by atoms with Crippen LogP contribution in [0, 0.1) is 0 Å². The molecule has 0 saturated carbocycles. The molecule has 1 N–H and O–H groups in total. The molecule has 0 fully saturated rings. The Morgan fingerprint density at radius 3 is 2.92 bits per heavy atom. The van der Waals surface area contributed by atoms with Crippen molar-refractivity contribution in [2.45, 2.75) is 25.9 Å². The zero-order valence-electron chi connectivity index (χ0n) is 7.59. The van der Waals surface area contributed by atoms with Crippen LogP contribution in [0.4, 0.5) is 0 Å². The summed E-state index contributed by atoms with van der Waals surface area (Å²) in [4.78, 5) is 0. The van der Waals surface area contributed by atoms with Crippen molar-refractivity contribution in [2.24, 2.45) is 0 Å². The molecule has 1 rings (SSSR count). The number of furan rings is 1. The molecule has 1 unspecified atom stereocenters. The van der Waals surface area contributed by atoms with Crippen LogP contribution in [-0.4, -0.2) is 5.11 Å². The van der Waals surface area contributed by atoms with Gasteiger partial charge in [0.15, 0.2) is 5.22 Å². The third kappa shape index (κ3) is 2.61. The summed E-state index contributed by atoms with van der Waals surface area (Å²) in [5, 5.41) is 9.95. The van der Waals surface area contributed by atoms with Gasteiger partial charge in [-0.1, -0.05) is 19.1 Å². The van der Waals surface area contributed by atoms with Crippen molar-refractivity contribution in [3.8, 4) is 0 Å². The second-order valence-electron chi connectivity index (χ2n) is 2.97. The zero-order valence-corrected chi connectivity index (χ0v) is 8.34. The summed E-state index contributed by atoms with van der Waals surface area (Å²) in [7, 11) is 0. The molecule has 0 spiro atoms. The van der Waals surface area contributed by atoms with Crippen LogP contribution >= 0.6 is 11.6 Å². The lowest BCUT2D eigenvalue weighted by Gasteiger charge is -2.09. The van der Waals surface area contributed by atoms with Gasteiger partial charge in [0.05, 0.1) is 12.4 Å². The van der Waals surface area contributed by atoms with Gasteiger partial charge < -0.3 is 9.52 Å². The van der Waals surface area contributed by atoms with Crippen molar-refractivity contribution in [3.05, 3.63) is 35.3 Å². The average molecular weight is 201 g/mol. The molecular formula is C10H13ClO2. The quantitative estimate of drug-likeness (QED) is 0.757. The van der Waals surface area contributed by atoms with Gasteiger partial charge in [-0.15, -0.1) is 0 Å². The van der Waals surface area contributed by atoms with E-state index in [9.17, 15) is 5.11 Å². The molecule has 0 saturated heterocycles. The van der Waals surface area contributed by atoms with Crippen molar-refractivity contribution in [1.82, 2.24) is 0 Å². The first-order valence-corrected chi connectivity index (χ1v) is 4.60. The van der Waals surface area contributed by atoms with Gasteiger partial charge in [0, 0.05) is 5.56 Å². The fourth-order valence-corrected chi connectivity index (χ4v) is 1.31. The van der Waals surface area contributed by atoms with Gasteiger partial charge in [-0.3, -0.25) is 0 Å². The van der Waals surface area contributed by atoms with Crippen molar-refractivity contribution in [2.75, 3.05) is 0 Å². The Bertz CT molecular complexity index is 291. The third-order valence-corrected chi connectivity index (χ3v) is 2.29. The Hall–Kier alpha value is -0.730. The first-order chi connectivity index (χ1) is 6.15. The van der Waals surface area contributed by atoms with E-state index in [4.69, 9.17) is 16.0 Å². The normalized spacial score (nSPS) is 12.8. The van der Waals surface area contributed by atoms with Gasteiger partial charge in [-0.25, -0.2) is 0 Å². The van der Waals surface area contributed by atoms with E-state index in [1.165, 1.54) is 6.26 Å². The van der Waals surface area contributed by atoms with Crippen molar-refractivity contribution in [3.63, 3.8) is 0 Å². The summed E-state index contributed by atoms with van der Waals surface area (Å²) in [6.07, 6.45) is 2.27. The van der Waals surface area contributed by atoms with E-state index < -0.39 is 6.10 Å². The van der Waals surface area contributed by atoms with E-state index in [0.717, 1.165) is 12.0 Å². The van der Waals surface area contributed by atoms with Crippen LogP contribution in [0.25, 0.3) is 0 Å². The van der Waals surface area contributed by atoms with Gasteiger partial charge in [-0.2, -0.15) is 0 Å². The summed E-state index contributed by atoms with van der Waals surface area (Å²) >= 11 is 5.70. The Morgan fingerprint density at radius 1 is 1.77 bits per heavy atom. The average Bonchev–Trinajstić information content (AvgIpc) is 2.51. The molecule has 0 amide bonds. The Kier molecular flexibility index (Phi) is 3.58. The molecule has 0 aliphatic heterocycles. The van der Waals surface area contributed by atoms with Crippen LogP contribution in [0.1, 0.15) is 31.4 Å². The fourth-order valence-electron chi connectivity index (χ4n) is 1.07. The number of halogens is 1. The molecule has 13 heavy (non-hydrogen) atoms. The van der Waals surface area contributed by atoms with E-state index in [1.807, 2.05) is 6.92 Å². The maximum Gasteiger partial charge on any atom is 0.198 e. The molecule has 1 aromatic rings. The molecule has 1 aromatic heterocycles. The van der Waals surface area contributed by atoms with Crippen LogP contribution in [0.5, 0.6) is 0 Å². The molecule has 3 heteroatoms. The number of aliphatic hydroxyl groups excluding tert-OH is 1. The minimum atomic E-state index is -0.598. The minimum Gasteiger partial charge on any atom is -0.453 e. The molecule has 0 bridgehead atoms. The number of rotatable bonds is 4. The second-order valence-corrected chi connectivity index (χ2v) is 3.32. The molecule has 72 valence electrons. The highest BCUT2D eigenvalue weighted by atomic mass is 35.5. The third-order valence-electron chi connectivity index (χ3n) is 1.99. The lowest BCUT2D eigenvalue weighted by molar-refractivity contribution is 0.177. The van der Waals surface area contributed by atoms with E-state index in [2.05, 4.69) is 6.58 Å². The molecular weight excluding hydrogens is 188 g/mol. The van der Waals surface area contributed by atoms with Crippen LogP contribution in [-0.2, 0) is 0 Å². The second kappa shape index (κ2) is 4.49. The summed E-state index contributed by atoms with van der Waals surface area (Å²) < 4.78 is 4.88. The summed E-state index contributed by atoms with van der Waals surface area (Å²) in [5.41, 5.74) is 1.64. The van der Waals surface area contributed by atoms with Crippen molar-refractivity contribution < 1.29 is 9.52 Å². The number of aliphatic hydroxyl groups is 1. The van der Waals surface area contributed by atoms with Gasteiger partial charge in [0.1, 0.15) is 0 Å². The minimum absolute atomic E-state index is 0.261. The maximum absolute atomic E-state index is 9.69. The van der Waals surface area contributed by atoms with E-state index in [1.54, 1.807) is 6.07 Å². The Labute approximate surface area is 82.8 Å². The topological polar surface area (TPSA) is 33.4 Å². The smallest absolute Gasteiger partial charge is 0.198 e. The van der Waals surface area contributed by atoms with Gasteiger partial charge in [-0.05, 0) is 30.5 Å². The van der Waals surface area contributed by atoms with E-state index >= 15 is 0 Å². The van der Waals surface area contributed by atoms with E-state index in [-0.39, 0.29) is 5.22 Å². The zero-order chi connectivity index (χ0) is 9.84. The number of hydrogen-bond acceptors (Lipinski definition) is 2. The molecule has 1 heterocycles. The lowest BCUT2D eigenvalue weighted by atomic mass is 10.0. The molecule has 0 aromatic carbocycles. The van der Waals surface area contributed by atoms with Crippen LogP contribution < -0.4 is 0 Å². The molecule has 1 atom stereocenters. The largest absolute Gasteiger partial charge is 0.453 e. The Balaban J connectivity index is 2.63. The van der Waals surface area contributed by atoms with Crippen LogP contribution in [0.2, 0.25) is 5.22 Å². The molecule has 0 aliphatic carbocycles. The first-order valence-electron chi connectivity index (χ1n) is 4.22. The van der Waals surface area contributed by atoms with Gasteiger partial charge in [0.2, 0.25) is 0 Å². The van der Waals surface area contributed by atoms with Crippen LogP contribution in [0.15, 0.2) is 28.9 Å². The standard InChI is InChI=1S/C10H13ClO2/c1-3-7(2)6-9(12)8-4-5-13-10(8)11/h4-5,9,12H,2-3,6H2,1H3. The molecule has 0 aliphatic rings. The van der Waals surface area contributed by atoms with Crippen LogP contribution in [0.3, 0.4) is 0 Å². The summed E-state index contributed by atoms with van der Waals surface area (Å²) in [5.74, 6) is 0. The molecule has 0 radical (unpaired) electrons. The predicted octanol–water partition coefficient (Wildman–Crippen LogP) is 3.32. The lowest BCUT2D eigenvalue weighted by Crippen LogP contribution is -1.97. The SMILES string of the molecule is C=C(CC)CC(O)c1ccoc1Cl. The first kappa shape index (κ1) is 10.4. The van der Waals surface area contributed by atoms with E-state index in [0.29, 0.717) is 12.0 Å².